The summed E-state index contributed by atoms with van der Waals surface area (Å²) in [5.41, 5.74) is -1.91. The van der Waals surface area contributed by atoms with Crippen LogP contribution in [0.2, 0.25) is 0 Å². The zero-order valence-corrected chi connectivity index (χ0v) is 15.5. The lowest BCUT2D eigenvalue weighted by Gasteiger charge is -2.41. The van der Waals surface area contributed by atoms with Crippen LogP contribution in [0.5, 0.6) is 0 Å². The van der Waals surface area contributed by atoms with Crippen molar-refractivity contribution in [3.63, 3.8) is 0 Å². The minimum Gasteiger partial charge on any atom is -0.481 e. The van der Waals surface area contributed by atoms with Crippen molar-refractivity contribution in [3.8, 4) is 0 Å². The van der Waals surface area contributed by atoms with Crippen LogP contribution in [0.1, 0.15) is 53.4 Å². The Morgan fingerprint density at radius 3 is 2.48 bits per heavy atom. The van der Waals surface area contributed by atoms with Crippen molar-refractivity contribution >= 4 is 18.0 Å². The molecule has 1 unspecified atom stereocenters. The van der Waals surface area contributed by atoms with Gasteiger partial charge in [-0.2, -0.15) is 0 Å². The number of carboxylic acid groups (broad SMARTS) is 1. The molecule has 1 aliphatic rings. The second kappa shape index (κ2) is 9.03. The fourth-order valence-electron chi connectivity index (χ4n) is 2.59. The fraction of sp³-hybridized carbons (Fsp3) is 0.824. The third-order valence-electron chi connectivity index (χ3n) is 3.71. The summed E-state index contributed by atoms with van der Waals surface area (Å²) in [4.78, 5) is 36.9. The summed E-state index contributed by atoms with van der Waals surface area (Å²) in [6.45, 7) is 7.77. The number of carboxylic acids is 1. The number of aliphatic carboxylic acids is 1. The number of unbranched alkanes of at least 4 members (excludes halogenated alkanes) is 1. The van der Waals surface area contributed by atoms with Crippen LogP contribution < -0.4 is 0 Å². The van der Waals surface area contributed by atoms with Crippen LogP contribution in [0, 0.1) is 0 Å². The Morgan fingerprint density at radius 1 is 1.24 bits per heavy atom. The van der Waals surface area contributed by atoms with E-state index >= 15 is 0 Å². The zero-order chi connectivity index (χ0) is 19.1. The van der Waals surface area contributed by atoms with E-state index in [0.29, 0.717) is 25.8 Å². The van der Waals surface area contributed by atoms with Gasteiger partial charge in [-0.15, -0.1) is 0 Å². The van der Waals surface area contributed by atoms with Gasteiger partial charge in [-0.3, -0.25) is 4.79 Å². The molecule has 144 valence electrons. The highest BCUT2D eigenvalue weighted by atomic mass is 16.6. The predicted octanol–water partition coefficient (Wildman–Crippen LogP) is 2.20. The summed E-state index contributed by atoms with van der Waals surface area (Å²) in [5.74, 6) is -1.41. The molecule has 1 atom stereocenters. The first-order chi connectivity index (χ1) is 11.6. The van der Waals surface area contributed by atoms with Crippen molar-refractivity contribution in [1.82, 2.24) is 4.90 Å². The van der Waals surface area contributed by atoms with E-state index in [4.69, 9.17) is 19.3 Å². The third-order valence-corrected chi connectivity index (χ3v) is 3.71. The predicted molar refractivity (Wildman–Crippen MR) is 89.2 cm³/mol. The van der Waals surface area contributed by atoms with E-state index in [1.54, 1.807) is 27.7 Å². The first-order valence-corrected chi connectivity index (χ1v) is 8.60. The van der Waals surface area contributed by atoms with Crippen LogP contribution in [0.4, 0.5) is 4.79 Å². The zero-order valence-electron chi connectivity index (χ0n) is 15.5. The van der Waals surface area contributed by atoms with Crippen molar-refractivity contribution in [2.24, 2.45) is 0 Å². The van der Waals surface area contributed by atoms with Crippen LogP contribution in [-0.4, -0.2) is 65.5 Å². The summed E-state index contributed by atoms with van der Waals surface area (Å²) in [5, 5.41) is 8.74. The second-order valence-electron chi connectivity index (χ2n) is 7.07. The highest BCUT2D eigenvalue weighted by Gasteiger charge is 2.46. The average molecular weight is 359 g/mol. The Kier molecular flexibility index (Phi) is 7.66. The first-order valence-electron chi connectivity index (χ1n) is 8.60. The number of hydrogen-bond acceptors (Lipinski definition) is 6. The van der Waals surface area contributed by atoms with Gasteiger partial charge in [-0.25, -0.2) is 9.59 Å². The number of hydrogen-bond donors (Lipinski definition) is 1. The van der Waals surface area contributed by atoms with Crippen molar-refractivity contribution < 1.29 is 33.7 Å². The number of amides is 1. The van der Waals surface area contributed by atoms with Gasteiger partial charge < -0.3 is 24.2 Å². The number of rotatable bonds is 7. The van der Waals surface area contributed by atoms with E-state index < -0.39 is 29.2 Å². The van der Waals surface area contributed by atoms with E-state index in [9.17, 15) is 14.4 Å². The molecule has 1 aliphatic heterocycles. The molecule has 0 spiro atoms. The van der Waals surface area contributed by atoms with Gasteiger partial charge in [0.15, 0.2) is 5.60 Å². The first kappa shape index (κ1) is 21.2. The molecule has 0 radical (unpaired) electrons. The van der Waals surface area contributed by atoms with E-state index in [1.165, 1.54) is 4.90 Å². The van der Waals surface area contributed by atoms with Gasteiger partial charge in [0.1, 0.15) is 5.60 Å². The molecular formula is C17H29NO7. The maximum absolute atomic E-state index is 12.5. The van der Waals surface area contributed by atoms with E-state index in [1.807, 2.05) is 0 Å². The summed E-state index contributed by atoms with van der Waals surface area (Å²) in [6.07, 6.45) is 0.710. The Hall–Kier alpha value is -1.83. The largest absolute Gasteiger partial charge is 0.481 e. The molecule has 0 aromatic carbocycles. The minimum absolute atomic E-state index is 0.0225. The van der Waals surface area contributed by atoms with Gasteiger partial charge in [-0.1, -0.05) is 0 Å². The number of esters is 1. The normalized spacial score (nSPS) is 20.9. The van der Waals surface area contributed by atoms with Crippen molar-refractivity contribution in [3.05, 3.63) is 0 Å². The lowest BCUT2D eigenvalue weighted by Crippen LogP contribution is -2.59. The van der Waals surface area contributed by atoms with E-state index in [2.05, 4.69) is 0 Å². The molecule has 1 N–H and O–H groups in total. The maximum atomic E-state index is 12.5. The molecule has 25 heavy (non-hydrogen) atoms. The molecule has 1 saturated heterocycles. The van der Waals surface area contributed by atoms with Crippen LogP contribution in [0.15, 0.2) is 0 Å². The van der Waals surface area contributed by atoms with Gasteiger partial charge in [0.25, 0.3) is 0 Å². The summed E-state index contributed by atoms with van der Waals surface area (Å²) >= 11 is 0. The van der Waals surface area contributed by atoms with Gasteiger partial charge in [0.2, 0.25) is 0 Å². The van der Waals surface area contributed by atoms with Crippen molar-refractivity contribution in [2.75, 3.05) is 26.3 Å². The molecule has 0 aromatic heterocycles. The van der Waals surface area contributed by atoms with E-state index in [0.717, 1.165) is 0 Å². The maximum Gasteiger partial charge on any atom is 0.410 e. The van der Waals surface area contributed by atoms with Crippen LogP contribution in [-0.2, 0) is 23.8 Å². The topological polar surface area (TPSA) is 102 Å². The van der Waals surface area contributed by atoms with Gasteiger partial charge in [0.05, 0.1) is 19.8 Å². The number of carbonyl (C=O) groups excluding carboxylic acids is 2. The minimum atomic E-state index is -1.27. The molecule has 0 aromatic rings. The molecule has 1 heterocycles. The van der Waals surface area contributed by atoms with Gasteiger partial charge >= 0.3 is 18.0 Å². The Balaban J connectivity index is 2.81. The monoisotopic (exact) mass is 359 g/mol. The van der Waals surface area contributed by atoms with E-state index in [-0.39, 0.29) is 26.2 Å². The van der Waals surface area contributed by atoms with Gasteiger partial charge in [0, 0.05) is 13.0 Å². The highest BCUT2D eigenvalue weighted by molar-refractivity contribution is 5.81. The summed E-state index contributed by atoms with van der Waals surface area (Å²) in [7, 11) is 0. The number of nitrogens with zero attached hydrogens (tertiary/aromatic N) is 1. The smallest absolute Gasteiger partial charge is 0.410 e. The lowest BCUT2D eigenvalue weighted by atomic mass is 9.93. The lowest BCUT2D eigenvalue weighted by molar-refractivity contribution is -0.184. The Bertz CT molecular complexity index is 486. The van der Waals surface area contributed by atoms with Gasteiger partial charge in [-0.05, 0) is 47.0 Å². The third kappa shape index (κ3) is 6.89. The summed E-state index contributed by atoms with van der Waals surface area (Å²) < 4.78 is 16.2. The molecule has 0 saturated carbocycles. The average Bonchev–Trinajstić information content (AvgIpc) is 2.50. The molecule has 8 nitrogen and oxygen atoms in total. The standard InChI is InChI=1S/C17H29NO7/c1-5-23-14(21)17(9-7-6-8-13(19)20)12-18(10-11-24-17)15(22)25-16(2,3)4/h5-12H2,1-4H3,(H,19,20). The second-order valence-corrected chi connectivity index (χ2v) is 7.07. The molecule has 1 rings (SSSR count). The SMILES string of the molecule is CCOC(=O)C1(CCCCC(=O)O)CN(C(=O)OC(C)(C)C)CCO1. The van der Waals surface area contributed by atoms with Crippen LogP contribution in [0.3, 0.4) is 0 Å². The number of carbonyl (C=O) groups is 3. The molecule has 0 bridgehead atoms. The molecule has 1 fully saturated rings. The Labute approximate surface area is 148 Å². The van der Waals surface area contributed by atoms with Crippen molar-refractivity contribution in [1.29, 1.82) is 0 Å². The Morgan fingerprint density at radius 2 is 1.92 bits per heavy atom. The number of ether oxygens (including phenoxy) is 3. The van der Waals surface area contributed by atoms with Crippen molar-refractivity contribution in [2.45, 2.75) is 64.6 Å². The van der Waals surface area contributed by atoms with Crippen LogP contribution >= 0.6 is 0 Å². The summed E-state index contributed by atoms with van der Waals surface area (Å²) in [6, 6.07) is 0. The highest BCUT2D eigenvalue weighted by Crippen LogP contribution is 2.27. The molecule has 0 aliphatic carbocycles. The van der Waals surface area contributed by atoms with Crippen LogP contribution in [0.25, 0.3) is 0 Å². The quantitative estimate of drug-likeness (QED) is 0.549. The molecule has 8 heteroatoms. The molecular weight excluding hydrogens is 330 g/mol. The number of morpholine rings is 1. The fourth-order valence-corrected chi connectivity index (χ4v) is 2.59. The molecule has 1 amide bonds.